The van der Waals surface area contributed by atoms with Crippen LogP contribution in [0.3, 0.4) is 0 Å². The van der Waals surface area contributed by atoms with Crippen molar-refractivity contribution in [3.05, 3.63) is 29.3 Å². The number of carbonyl (C=O) groups is 6. The van der Waals surface area contributed by atoms with Crippen molar-refractivity contribution in [1.29, 1.82) is 0 Å². The van der Waals surface area contributed by atoms with Crippen molar-refractivity contribution >= 4 is 35.4 Å². The largest absolute Gasteiger partial charge is 0.483 e. The van der Waals surface area contributed by atoms with E-state index in [-0.39, 0.29) is 54.3 Å². The molecular weight excluding hydrogens is 494 g/mol. The second-order valence-electron chi connectivity index (χ2n) is 9.40. The van der Waals surface area contributed by atoms with Crippen LogP contribution in [0.5, 0.6) is 5.75 Å². The van der Waals surface area contributed by atoms with Crippen LogP contribution in [-0.4, -0.2) is 78.7 Å². The number of amides is 6. The van der Waals surface area contributed by atoms with Crippen molar-refractivity contribution in [2.24, 2.45) is 0 Å². The van der Waals surface area contributed by atoms with Crippen LogP contribution in [0.15, 0.2) is 18.2 Å². The molecule has 1 aromatic rings. The summed E-state index contributed by atoms with van der Waals surface area (Å²) in [5, 5.41) is 10.9. The first kappa shape index (κ1) is 28.8. The van der Waals surface area contributed by atoms with Gasteiger partial charge in [-0.25, -0.2) is 0 Å². The Hall–Kier alpha value is -3.80. The van der Waals surface area contributed by atoms with Crippen molar-refractivity contribution in [2.75, 3.05) is 20.2 Å². The number of ether oxygens (including phenoxy) is 1. The summed E-state index contributed by atoms with van der Waals surface area (Å²) >= 11 is 0. The first-order valence-electron chi connectivity index (χ1n) is 12.9. The molecule has 6 amide bonds. The van der Waals surface area contributed by atoms with Gasteiger partial charge in [-0.1, -0.05) is 13.0 Å². The molecule has 1 aromatic carbocycles. The van der Waals surface area contributed by atoms with Gasteiger partial charge < -0.3 is 20.7 Å². The van der Waals surface area contributed by atoms with E-state index in [9.17, 15) is 28.8 Å². The molecule has 3 atom stereocenters. The third-order valence-electron chi connectivity index (χ3n) is 6.69. The summed E-state index contributed by atoms with van der Waals surface area (Å²) < 4.78 is 5.58. The maximum absolute atomic E-state index is 13.1. The Bertz CT molecular complexity index is 1110. The maximum Gasteiger partial charge on any atom is 0.266 e. The van der Waals surface area contributed by atoms with Gasteiger partial charge in [0.15, 0.2) is 6.61 Å². The molecule has 0 aliphatic carbocycles. The molecule has 206 valence electrons. The lowest BCUT2D eigenvalue weighted by Crippen LogP contribution is -2.54. The molecule has 0 bridgehead atoms. The SMILES string of the molecule is CCC(C)N[C@@H](CCCCNC(=O)COc1cccc2c1C(=O)N(C1CCC(=O)NC1=O)C2=O)C(=O)NC. The summed E-state index contributed by atoms with van der Waals surface area (Å²) in [7, 11) is 1.60. The molecule has 2 unspecified atom stereocenters. The lowest BCUT2D eigenvalue weighted by Gasteiger charge is -2.27. The molecule has 2 aliphatic heterocycles. The molecule has 0 spiro atoms. The zero-order valence-corrected chi connectivity index (χ0v) is 21.9. The van der Waals surface area contributed by atoms with Crippen LogP contribution in [0, 0.1) is 0 Å². The molecule has 2 aliphatic rings. The fourth-order valence-corrected chi connectivity index (χ4v) is 4.43. The zero-order chi connectivity index (χ0) is 27.8. The quantitative estimate of drug-likeness (QED) is 0.209. The summed E-state index contributed by atoms with van der Waals surface area (Å²) in [5.74, 6) is -2.90. The Morgan fingerprint density at radius 3 is 2.61 bits per heavy atom. The monoisotopic (exact) mass is 529 g/mol. The van der Waals surface area contributed by atoms with Gasteiger partial charge in [-0.05, 0) is 51.2 Å². The van der Waals surface area contributed by atoms with E-state index in [1.807, 2.05) is 13.8 Å². The van der Waals surface area contributed by atoms with Crippen LogP contribution in [-0.2, 0) is 19.2 Å². The fourth-order valence-electron chi connectivity index (χ4n) is 4.43. The van der Waals surface area contributed by atoms with Crippen LogP contribution in [0.1, 0.15) is 73.1 Å². The van der Waals surface area contributed by atoms with Gasteiger partial charge in [-0.3, -0.25) is 39.0 Å². The van der Waals surface area contributed by atoms with Crippen LogP contribution in [0.2, 0.25) is 0 Å². The van der Waals surface area contributed by atoms with Gasteiger partial charge in [0.1, 0.15) is 11.8 Å². The van der Waals surface area contributed by atoms with Gasteiger partial charge in [0.2, 0.25) is 17.7 Å². The predicted octanol–water partition coefficient (Wildman–Crippen LogP) is 0.256. The van der Waals surface area contributed by atoms with Gasteiger partial charge >= 0.3 is 0 Å². The molecule has 0 saturated carbocycles. The molecule has 1 saturated heterocycles. The zero-order valence-electron chi connectivity index (χ0n) is 21.9. The Kier molecular flexibility index (Phi) is 9.94. The van der Waals surface area contributed by atoms with E-state index in [0.717, 1.165) is 17.7 Å². The van der Waals surface area contributed by atoms with Crippen LogP contribution >= 0.6 is 0 Å². The molecule has 12 heteroatoms. The van der Waals surface area contributed by atoms with Gasteiger partial charge in [-0.15, -0.1) is 0 Å². The van der Waals surface area contributed by atoms with Crippen molar-refractivity contribution in [3.63, 3.8) is 0 Å². The van der Waals surface area contributed by atoms with E-state index < -0.39 is 35.6 Å². The van der Waals surface area contributed by atoms with Crippen LogP contribution in [0.25, 0.3) is 0 Å². The number of hydrogen-bond acceptors (Lipinski definition) is 8. The number of nitrogens with zero attached hydrogens (tertiary/aromatic N) is 1. The summed E-state index contributed by atoms with van der Waals surface area (Å²) in [5.41, 5.74) is 0.0679. The number of rotatable bonds is 13. The minimum atomic E-state index is -1.08. The fraction of sp³-hybridized carbons (Fsp3) is 0.538. The third-order valence-corrected chi connectivity index (χ3v) is 6.69. The molecule has 38 heavy (non-hydrogen) atoms. The third kappa shape index (κ3) is 6.74. The maximum atomic E-state index is 13.1. The van der Waals surface area contributed by atoms with Crippen molar-refractivity contribution in [3.8, 4) is 5.75 Å². The smallest absolute Gasteiger partial charge is 0.266 e. The number of unbranched alkanes of at least 4 members (excludes halogenated alkanes) is 1. The highest BCUT2D eigenvalue weighted by molar-refractivity contribution is 6.24. The molecule has 2 heterocycles. The Morgan fingerprint density at radius 2 is 1.92 bits per heavy atom. The number of hydrogen-bond donors (Lipinski definition) is 4. The molecule has 1 fully saturated rings. The molecule has 4 N–H and O–H groups in total. The normalized spacial score (nSPS) is 18.5. The summed E-state index contributed by atoms with van der Waals surface area (Å²) in [6.07, 6.45) is 2.99. The van der Waals surface area contributed by atoms with Gasteiger partial charge in [0, 0.05) is 26.1 Å². The van der Waals surface area contributed by atoms with E-state index in [2.05, 4.69) is 21.3 Å². The highest BCUT2D eigenvalue weighted by atomic mass is 16.5. The van der Waals surface area contributed by atoms with Gasteiger partial charge in [0.25, 0.3) is 17.7 Å². The second kappa shape index (κ2) is 13.1. The number of likely N-dealkylation sites (N-methyl/N-ethyl adjacent to an activating group) is 1. The van der Waals surface area contributed by atoms with E-state index in [1.54, 1.807) is 7.05 Å². The van der Waals surface area contributed by atoms with E-state index >= 15 is 0 Å². The van der Waals surface area contributed by atoms with E-state index in [0.29, 0.717) is 19.4 Å². The standard InChI is InChI=1S/C26H35N5O7/c1-4-15(2)29-17(23(34)27-3)9-5-6-13-28-21(33)14-38-19-10-7-8-16-22(19)26(37)31(25(16)36)18-11-12-20(32)30-24(18)35/h7-8,10,15,17-18,29H,4-6,9,11-14H2,1-3H3,(H,27,34)(H,28,33)(H,30,32,35)/t15?,17-,18?/m0/s1. The van der Waals surface area contributed by atoms with E-state index in [1.165, 1.54) is 18.2 Å². The minimum absolute atomic E-state index is 0.0101. The van der Waals surface area contributed by atoms with Crippen LogP contribution in [0.4, 0.5) is 0 Å². The van der Waals surface area contributed by atoms with Gasteiger partial charge in [0.05, 0.1) is 17.2 Å². The average molecular weight is 530 g/mol. The average Bonchev–Trinajstić information content (AvgIpc) is 3.16. The molecule has 0 radical (unpaired) electrons. The topological polar surface area (TPSA) is 163 Å². The molecular formula is C26H35N5O7. The van der Waals surface area contributed by atoms with Crippen molar-refractivity contribution in [2.45, 2.75) is 70.5 Å². The Balaban J connectivity index is 1.50. The van der Waals surface area contributed by atoms with Crippen LogP contribution < -0.4 is 26.0 Å². The number of carbonyl (C=O) groups excluding carboxylic acids is 6. The summed E-state index contributed by atoms with van der Waals surface area (Å²) in [6.45, 7) is 4.09. The Labute approximate surface area is 221 Å². The van der Waals surface area contributed by atoms with E-state index in [4.69, 9.17) is 4.74 Å². The molecule has 3 rings (SSSR count). The highest BCUT2D eigenvalue weighted by Gasteiger charge is 2.46. The molecule has 12 nitrogen and oxygen atoms in total. The predicted molar refractivity (Wildman–Crippen MR) is 136 cm³/mol. The van der Waals surface area contributed by atoms with Crippen molar-refractivity contribution < 1.29 is 33.5 Å². The van der Waals surface area contributed by atoms with Crippen molar-refractivity contribution in [1.82, 2.24) is 26.2 Å². The second-order valence-corrected chi connectivity index (χ2v) is 9.40. The first-order chi connectivity index (χ1) is 18.2. The first-order valence-corrected chi connectivity index (χ1v) is 12.9. The molecule has 0 aromatic heterocycles. The summed E-state index contributed by atoms with van der Waals surface area (Å²) in [6, 6.07) is 3.30. The number of benzene rings is 1. The summed E-state index contributed by atoms with van der Waals surface area (Å²) in [4.78, 5) is 74.9. The number of piperidine rings is 1. The van der Waals surface area contributed by atoms with Gasteiger partial charge in [-0.2, -0.15) is 0 Å². The lowest BCUT2D eigenvalue weighted by atomic mass is 10.0. The Morgan fingerprint density at radius 1 is 1.16 bits per heavy atom. The number of imide groups is 2. The number of nitrogens with one attached hydrogen (secondary N) is 4. The lowest BCUT2D eigenvalue weighted by molar-refractivity contribution is -0.136. The highest BCUT2D eigenvalue weighted by Crippen LogP contribution is 2.33. The number of fused-ring (bicyclic) bond motifs is 1. The minimum Gasteiger partial charge on any atom is -0.483 e.